The molecule has 0 N–H and O–H groups in total. The fourth-order valence-corrected chi connectivity index (χ4v) is 1.69. The Hall–Kier alpha value is 0.440. The van der Waals surface area contributed by atoms with Crippen molar-refractivity contribution in [2.75, 3.05) is 5.75 Å². The molecule has 0 aliphatic rings. The molecule has 0 nitrogen and oxygen atoms in total. The molecule has 1 unspecified atom stereocenters. The summed E-state index contributed by atoms with van der Waals surface area (Å²) in [5.41, 5.74) is 0. The molecular formula is C8H16S2. The summed E-state index contributed by atoms with van der Waals surface area (Å²) in [6.07, 6.45) is 5.82. The molecule has 0 aromatic heterocycles. The first-order valence-electron chi connectivity index (χ1n) is 3.73. The van der Waals surface area contributed by atoms with Crippen molar-refractivity contribution < 1.29 is 0 Å². The Kier molecular flexibility index (Phi) is 7.88. The van der Waals surface area contributed by atoms with Crippen LogP contribution in [0.1, 0.15) is 26.2 Å². The lowest BCUT2D eigenvalue weighted by molar-refractivity contribution is 0.779. The molecule has 0 bridgehead atoms. The minimum absolute atomic E-state index is 0.330. The van der Waals surface area contributed by atoms with E-state index in [0.29, 0.717) is 4.58 Å². The third kappa shape index (κ3) is 6.56. The van der Waals surface area contributed by atoms with E-state index in [-0.39, 0.29) is 0 Å². The van der Waals surface area contributed by atoms with Gasteiger partial charge in [-0.1, -0.05) is 25.8 Å². The summed E-state index contributed by atoms with van der Waals surface area (Å²) in [4.78, 5) is 0. The van der Waals surface area contributed by atoms with Crippen molar-refractivity contribution in [2.45, 2.75) is 30.8 Å². The van der Waals surface area contributed by atoms with Crippen molar-refractivity contribution in [3.05, 3.63) is 12.7 Å². The molecule has 0 saturated heterocycles. The lowest BCUT2D eigenvalue weighted by atomic mass is 10.3. The summed E-state index contributed by atoms with van der Waals surface area (Å²) in [6.45, 7) is 5.88. The monoisotopic (exact) mass is 176 g/mol. The topological polar surface area (TPSA) is 0 Å². The van der Waals surface area contributed by atoms with E-state index in [0.717, 1.165) is 0 Å². The molecule has 0 saturated carbocycles. The van der Waals surface area contributed by atoms with E-state index in [1.54, 1.807) is 0 Å². The van der Waals surface area contributed by atoms with Crippen LogP contribution in [0.5, 0.6) is 0 Å². The van der Waals surface area contributed by atoms with Crippen molar-refractivity contribution >= 4 is 24.4 Å². The van der Waals surface area contributed by atoms with Crippen LogP contribution in [0.4, 0.5) is 0 Å². The van der Waals surface area contributed by atoms with Gasteiger partial charge in [0.1, 0.15) is 0 Å². The zero-order valence-electron chi connectivity index (χ0n) is 6.55. The Balaban J connectivity index is 2.95. The number of rotatable bonds is 6. The number of hydrogen-bond acceptors (Lipinski definition) is 2. The highest BCUT2D eigenvalue weighted by atomic mass is 32.2. The lowest BCUT2D eigenvalue weighted by Crippen LogP contribution is -1.87. The minimum atomic E-state index is 0.330. The zero-order chi connectivity index (χ0) is 7.82. The Morgan fingerprint density at radius 2 is 2.30 bits per heavy atom. The van der Waals surface area contributed by atoms with Crippen molar-refractivity contribution in [1.82, 2.24) is 0 Å². The summed E-state index contributed by atoms with van der Waals surface area (Å²) in [6, 6.07) is 0. The van der Waals surface area contributed by atoms with Gasteiger partial charge in [0, 0.05) is 0 Å². The van der Waals surface area contributed by atoms with Gasteiger partial charge in [-0.05, 0) is 12.2 Å². The van der Waals surface area contributed by atoms with Gasteiger partial charge >= 0.3 is 0 Å². The molecular weight excluding hydrogens is 160 g/mol. The standard InChI is InChI=1S/C8H16S2/c1-3-5-6-7-10-8(9)4-2/h4,8-9H,2-3,5-7H2,1H3. The van der Waals surface area contributed by atoms with Crippen LogP contribution in [-0.4, -0.2) is 10.3 Å². The summed E-state index contributed by atoms with van der Waals surface area (Å²) >= 11 is 6.14. The van der Waals surface area contributed by atoms with Gasteiger partial charge in [0.15, 0.2) is 0 Å². The number of hydrogen-bond donors (Lipinski definition) is 1. The summed E-state index contributed by atoms with van der Waals surface area (Å²) in [5, 5.41) is 0. The zero-order valence-corrected chi connectivity index (χ0v) is 8.26. The smallest absolute Gasteiger partial charge is 0.0649 e. The lowest BCUT2D eigenvalue weighted by Gasteiger charge is -2.02. The Morgan fingerprint density at radius 3 is 2.80 bits per heavy atom. The molecule has 1 atom stereocenters. The van der Waals surface area contributed by atoms with Crippen LogP contribution >= 0.6 is 24.4 Å². The van der Waals surface area contributed by atoms with Crippen molar-refractivity contribution in [3.63, 3.8) is 0 Å². The van der Waals surface area contributed by atoms with Gasteiger partial charge < -0.3 is 0 Å². The Labute approximate surface area is 73.9 Å². The van der Waals surface area contributed by atoms with E-state index in [2.05, 4.69) is 26.1 Å². The quantitative estimate of drug-likeness (QED) is 0.280. The number of unbranched alkanes of at least 4 members (excludes halogenated alkanes) is 2. The first-order valence-corrected chi connectivity index (χ1v) is 5.30. The molecule has 0 aromatic carbocycles. The molecule has 0 aromatic rings. The average molecular weight is 176 g/mol. The molecule has 0 rings (SSSR count). The fraction of sp³-hybridized carbons (Fsp3) is 0.750. The van der Waals surface area contributed by atoms with Crippen LogP contribution in [-0.2, 0) is 0 Å². The SMILES string of the molecule is C=CC(S)SCCCCC. The van der Waals surface area contributed by atoms with Crippen LogP contribution in [0.25, 0.3) is 0 Å². The highest BCUT2D eigenvalue weighted by Crippen LogP contribution is 2.17. The molecule has 0 aliphatic carbocycles. The molecule has 0 aliphatic heterocycles. The van der Waals surface area contributed by atoms with Gasteiger partial charge in [-0.15, -0.1) is 18.3 Å². The van der Waals surface area contributed by atoms with Gasteiger partial charge in [-0.25, -0.2) is 0 Å². The van der Waals surface area contributed by atoms with E-state index in [9.17, 15) is 0 Å². The van der Waals surface area contributed by atoms with Crippen LogP contribution in [0.15, 0.2) is 12.7 Å². The third-order valence-electron chi connectivity index (χ3n) is 1.24. The molecule has 60 valence electrons. The van der Waals surface area contributed by atoms with Gasteiger partial charge in [0.2, 0.25) is 0 Å². The van der Waals surface area contributed by atoms with Gasteiger partial charge in [0.25, 0.3) is 0 Å². The fourth-order valence-electron chi connectivity index (χ4n) is 0.624. The highest BCUT2D eigenvalue weighted by Gasteiger charge is 1.95. The second kappa shape index (κ2) is 7.55. The van der Waals surface area contributed by atoms with Crippen molar-refractivity contribution in [3.8, 4) is 0 Å². The number of thioether (sulfide) groups is 1. The van der Waals surface area contributed by atoms with Crippen LogP contribution in [0.3, 0.4) is 0 Å². The maximum Gasteiger partial charge on any atom is 0.0649 e. The molecule has 0 fully saturated rings. The maximum absolute atomic E-state index is 4.28. The van der Waals surface area contributed by atoms with E-state index in [1.165, 1.54) is 25.0 Å². The van der Waals surface area contributed by atoms with Crippen LogP contribution < -0.4 is 0 Å². The normalized spacial score (nSPS) is 13.0. The molecule has 0 radical (unpaired) electrons. The van der Waals surface area contributed by atoms with Crippen LogP contribution in [0.2, 0.25) is 0 Å². The highest BCUT2D eigenvalue weighted by molar-refractivity contribution is 8.10. The average Bonchev–Trinajstić information content (AvgIpc) is 1.98. The summed E-state index contributed by atoms with van der Waals surface area (Å²) in [7, 11) is 0. The third-order valence-corrected chi connectivity index (χ3v) is 2.95. The Morgan fingerprint density at radius 1 is 1.60 bits per heavy atom. The van der Waals surface area contributed by atoms with E-state index in [1.807, 2.05) is 17.8 Å². The second-order valence-corrected chi connectivity index (χ2v) is 4.36. The van der Waals surface area contributed by atoms with E-state index in [4.69, 9.17) is 0 Å². The predicted molar refractivity (Wildman–Crippen MR) is 55.0 cm³/mol. The van der Waals surface area contributed by atoms with Crippen molar-refractivity contribution in [1.29, 1.82) is 0 Å². The predicted octanol–water partition coefficient (Wildman–Crippen LogP) is 3.35. The van der Waals surface area contributed by atoms with Crippen LogP contribution in [0, 0.1) is 0 Å². The van der Waals surface area contributed by atoms with E-state index >= 15 is 0 Å². The van der Waals surface area contributed by atoms with E-state index < -0.39 is 0 Å². The van der Waals surface area contributed by atoms with Gasteiger partial charge in [-0.3, -0.25) is 0 Å². The first-order chi connectivity index (χ1) is 4.81. The molecule has 0 amide bonds. The first kappa shape index (κ1) is 10.4. The molecule has 0 spiro atoms. The number of thiol groups is 1. The molecule has 0 heterocycles. The maximum atomic E-state index is 4.28. The molecule has 2 heteroatoms. The second-order valence-electron chi connectivity index (χ2n) is 2.20. The van der Waals surface area contributed by atoms with Crippen molar-refractivity contribution in [2.24, 2.45) is 0 Å². The molecule has 10 heavy (non-hydrogen) atoms. The van der Waals surface area contributed by atoms with Gasteiger partial charge in [-0.2, -0.15) is 12.6 Å². The summed E-state index contributed by atoms with van der Waals surface area (Å²) in [5.74, 6) is 1.22. The van der Waals surface area contributed by atoms with Gasteiger partial charge in [0.05, 0.1) is 4.58 Å². The Bertz CT molecular complexity index is 81.3. The minimum Gasteiger partial charge on any atom is -0.161 e. The summed E-state index contributed by atoms with van der Waals surface area (Å²) < 4.78 is 0.330. The largest absolute Gasteiger partial charge is 0.161 e.